The summed E-state index contributed by atoms with van der Waals surface area (Å²) in [6.07, 6.45) is 1.63. The minimum atomic E-state index is -0.176. The van der Waals surface area contributed by atoms with Gasteiger partial charge in [-0.2, -0.15) is 0 Å². The summed E-state index contributed by atoms with van der Waals surface area (Å²) >= 11 is 0. The molecule has 0 fully saturated rings. The summed E-state index contributed by atoms with van der Waals surface area (Å²) in [6, 6.07) is 3.36. The summed E-state index contributed by atoms with van der Waals surface area (Å²) < 4.78 is 0. The van der Waals surface area contributed by atoms with Crippen LogP contribution >= 0.6 is 0 Å². The summed E-state index contributed by atoms with van der Waals surface area (Å²) in [5.74, 6) is -0.176. The van der Waals surface area contributed by atoms with Crippen molar-refractivity contribution in [3.05, 3.63) is 24.0 Å². The third-order valence-electron chi connectivity index (χ3n) is 2.27. The van der Waals surface area contributed by atoms with Gasteiger partial charge in [0, 0.05) is 18.8 Å². The lowest BCUT2D eigenvalue weighted by Crippen LogP contribution is -2.37. The Morgan fingerprint density at radius 1 is 1.29 bits per heavy atom. The second-order valence-electron chi connectivity index (χ2n) is 3.59. The van der Waals surface area contributed by atoms with Gasteiger partial charge in [-0.05, 0) is 12.1 Å². The van der Waals surface area contributed by atoms with E-state index in [0.29, 0.717) is 11.4 Å². The van der Waals surface area contributed by atoms with E-state index in [1.165, 1.54) is 11.1 Å². The fraction of sp³-hybridized carbons (Fsp3) is 0.455. The Morgan fingerprint density at radius 3 is 2.41 bits per heavy atom. The van der Waals surface area contributed by atoms with Gasteiger partial charge in [-0.25, -0.2) is 0 Å². The fourth-order valence-corrected chi connectivity index (χ4v) is 1.41. The average molecular weight is 239 g/mol. The molecule has 0 bridgehead atoms. The Balaban J connectivity index is 2.59. The summed E-state index contributed by atoms with van der Waals surface area (Å²) in [5, 5.41) is 17.6. The maximum atomic E-state index is 11.8. The number of nitrogen functional groups attached to an aromatic ring is 1. The van der Waals surface area contributed by atoms with Crippen molar-refractivity contribution in [1.29, 1.82) is 0 Å². The molecule has 1 aromatic heterocycles. The van der Waals surface area contributed by atoms with Crippen LogP contribution in [0, 0.1) is 0 Å². The van der Waals surface area contributed by atoms with Crippen LogP contribution < -0.4 is 5.73 Å². The van der Waals surface area contributed by atoms with E-state index in [0.717, 1.165) is 0 Å². The molecule has 0 saturated carbocycles. The number of rotatable bonds is 6. The molecule has 0 aromatic carbocycles. The van der Waals surface area contributed by atoms with Gasteiger partial charge in [0.05, 0.1) is 31.5 Å². The molecule has 0 aliphatic carbocycles. The van der Waals surface area contributed by atoms with Crippen LogP contribution in [0.5, 0.6) is 0 Å². The number of hydrogen-bond donors (Lipinski definition) is 3. The Bertz CT molecular complexity index is 347. The fourth-order valence-electron chi connectivity index (χ4n) is 1.41. The number of pyridine rings is 1. The van der Waals surface area contributed by atoms with E-state index in [-0.39, 0.29) is 38.6 Å². The Hall–Kier alpha value is -1.66. The van der Waals surface area contributed by atoms with Gasteiger partial charge >= 0.3 is 0 Å². The van der Waals surface area contributed by atoms with Crippen molar-refractivity contribution in [2.75, 3.05) is 32.0 Å². The van der Waals surface area contributed by atoms with Crippen LogP contribution in [-0.2, 0) is 11.2 Å². The molecule has 0 spiro atoms. The standard InChI is InChI=1S/C11H17N3O3/c12-9-1-2-10(13-8-9)7-11(17)14(3-5-15)4-6-16/h1-2,8,15-16H,3-7,12H2. The summed E-state index contributed by atoms with van der Waals surface area (Å²) in [4.78, 5) is 17.2. The third-order valence-corrected chi connectivity index (χ3v) is 2.27. The van der Waals surface area contributed by atoms with Crippen molar-refractivity contribution < 1.29 is 15.0 Å². The van der Waals surface area contributed by atoms with E-state index in [9.17, 15) is 4.79 Å². The molecule has 0 atom stereocenters. The smallest absolute Gasteiger partial charge is 0.228 e. The topological polar surface area (TPSA) is 99.7 Å². The highest BCUT2D eigenvalue weighted by Gasteiger charge is 2.13. The molecule has 0 aliphatic rings. The SMILES string of the molecule is Nc1ccc(CC(=O)N(CCO)CCO)nc1. The number of hydrogen-bond acceptors (Lipinski definition) is 5. The lowest BCUT2D eigenvalue weighted by molar-refractivity contribution is -0.131. The first-order valence-corrected chi connectivity index (χ1v) is 5.37. The first kappa shape index (κ1) is 13.4. The first-order valence-electron chi connectivity index (χ1n) is 5.37. The van der Waals surface area contributed by atoms with Gasteiger partial charge in [0.2, 0.25) is 5.91 Å². The van der Waals surface area contributed by atoms with Gasteiger partial charge in [0.25, 0.3) is 0 Å². The number of aliphatic hydroxyl groups excluding tert-OH is 2. The maximum Gasteiger partial charge on any atom is 0.228 e. The highest BCUT2D eigenvalue weighted by atomic mass is 16.3. The van der Waals surface area contributed by atoms with E-state index < -0.39 is 0 Å². The molecule has 1 aromatic rings. The molecule has 1 amide bonds. The molecule has 0 aliphatic heterocycles. The molecular formula is C11H17N3O3. The summed E-state index contributed by atoms with van der Waals surface area (Å²) in [5.41, 5.74) is 6.65. The third kappa shape index (κ3) is 4.38. The molecular weight excluding hydrogens is 222 g/mol. The van der Waals surface area contributed by atoms with Gasteiger partial charge in [-0.1, -0.05) is 0 Å². The van der Waals surface area contributed by atoms with Crippen LogP contribution in [0.25, 0.3) is 0 Å². The first-order chi connectivity index (χ1) is 8.17. The Kier molecular flexibility index (Phi) is 5.38. The quantitative estimate of drug-likeness (QED) is 0.592. The monoisotopic (exact) mass is 239 g/mol. The highest BCUT2D eigenvalue weighted by Crippen LogP contribution is 2.03. The van der Waals surface area contributed by atoms with Gasteiger partial charge in [-0.15, -0.1) is 0 Å². The molecule has 1 heterocycles. The number of carbonyl (C=O) groups is 1. The number of aromatic nitrogens is 1. The second kappa shape index (κ2) is 6.82. The van der Waals surface area contributed by atoms with E-state index in [2.05, 4.69) is 4.98 Å². The number of nitrogens with two attached hydrogens (primary N) is 1. The van der Waals surface area contributed by atoms with E-state index >= 15 is 0 Å². The molecule has 4 N–H and O–H groups in total. The van der Waals surface area contributed by atoms with Gasteiger partial charge in [0.15, 0.2) is 0 Å². The zero-order valence-electron chi connectivity index (χ0n) is 9.54. The van der Waals surface area contributed by atoms with Crippen molar-refractivity contribution in [3.8, 4) is 0 Å². The van der Waals surface area contributed by atoms with Crippen molar-refractivity contribution >= 4 is 11.6 Å². The van der Waals surface area contributed by atoms with Crippen LogP contribution in [0.15, 0.2) is 18.3 Å². The zero-order chi connectivity index (χ0) is 12.7. The molecule has 0 saturated heterocycles. The predicted octanol–water partition coefficient (Wildman–Crippen LogP) is -0.980. The van der Waals surface area contributed by atoms with Crippen molar-refractivity contribution in [3.63, 3.8) is 0 Å². The lowest BCUT2D eigenvalue weighted by Gasteiger charge is -2.20. The largest absolute Gasteiger partial charge is 0.397 e. The molecule has 94 valence electrons. The van der Waals surface area contributed by atoms with Crippen molar-refractivity contribution in [2.24, 2.45) is 0 Å². The average Bonchev–Trinajstić information content (AvgIpc) is 2.32. The number of nitrogens with zero attached hydrogens (tertiary/aromatic N) is 2. The normalized spacial score (nSPS) is 10.2. The summed E-state index contributed by atoms with van der Waals surface area (Å²) in [6.45, 7) is 0.185. The highest BCUT2D eigenvalue weighted by molar-refractivity contribution is 5.78. The Morgan fingerprint density at radius 2 is 1.94 bits per heavy atom. The van der Waals surface area contributed by atoms with Gasteiger partial charge in [0.1, 0.15) is 0 Å². The van der Waals surface area contributed by atoms with Crippen LogP contribution in [0.4, 0.5) is 5.69 Å². The molecule has 17 heavy (non-hydrogen) atoms. The molecule has 6 nitrogen and oxygen atoms in total. The van der Waals surface area contributed by atoms with Crippen LogP contribution in [0.3, 0.4) is 0 Å². The minimum Gasteiger partial charge on any atom is -0.397 e. The number of aliphatic hydroxyl groups is 2. The zero-order valence-corrected chi connectivity index (χ0v) is 9.54. The van der Waals surface area contributed by atoms with Gasteiger partial charge < -0.3 is 20.8 Å². The van der Waals surface area contributed by atoms with E-state index in [1.807, 2.05) is 0 Å². The lowest BCUT2D eigenvalue weighted by atomic mass is 10.2. The van der Waals surface area contributed by atoms with Crippen LogP contribution in [0.2, 0.25) is 0 Å². The van der Waals surface area contributed by atoms with Crippen molar-refractivity contribution in [1.82, 2.24) is 9.88 Å². The minimum absolute atomic E-state index is 0.124. The van der Waals surface area contributed by atoms with Crippen molar-refractivity contribution in [2.45, 2.75) is 6.42 Å². The Labute approximate surface area is 99.7 Å². The van der Waals surface area contributed by atoms with Crippen LogP contribution in [-0.4, -0.2) is 52.3 Å². The number of amides is 1. The molecule has 6 heteroatoms. The van der Waals surface area contributed by atoms with E-state index in [1.54, 1.807) is 12.1 Å². The maximum absolute atomic E-state index is 11.8. The van der Waals surface area contributed by atoms with Crippen LogP contribution in [0.1, 0.15) is 5.69 Å². The number of anilines is 1. The number of carbonyl (C=O) groups excluding carboxylic acids is 1. The predicted molar refractivity (Wildman–Crippen MR) is 63.1 cm³/mol. The summed E-state index contributed by atoms with van der Waals surface area (Å²) in [7, 11) is 0. The van der Waals surface area contributed by atoms with E-state index in [4.69, 9.17) is 15.9 Å². The van der Waals surface area contributed by atoms with Gasteiger partial charge in [-0.3, -0.25) is 9.78 Å². The second-order valence-corrected chi connectivity index (χ2v) is 3.59. The molecule has 0 unspecified atom stereocenters. The molecule has 1 rings (SSSR count). The molecule has 0 radical (unpaired) electrons.